The van der Waals surface area contributed by atoms with Crippen LogP contribution in [0.3, 0.4) is 0 Å². The molecule has 0 saturated carbocycles. The predicted molar refractivity (Wildman–Crippen MR) is 83.7 cm³/mol. The molecular weight excluding hydrogens is 336 g/mol. The van der Waals surface area contributed by atoms with Crippen LogP contribution >= 0.6 is 11.6 Å². The third-order valence-electron chi connectivity index (χ3n) is 3.24. The van der Waals surface area contributed by atoms with Crippen LogP contribution in [0.25, 0.3) is 11.5 Å². The number of furan rings is 1. The lowest BCUT2D eigenvalue weighted by Crippen LogP contribution is -2.05. The van der Waals surface area contributed by atoms with E-state index in [4.69, 9.17) is 25.2 Å². The Labute approximate surface area is 141 Å². The van der Waals surface area contributed by atoms with Crippen molar-refractivity contribution < 1.29 is 23.5 Å². The van der Waals surface area contributed by atoms with E-state index < -0.39 is 5.97 Å². The van der Waals surface area contributed by atoms with Gasteiger partial charge in [-0.05, 0) is 38.1 Å². The lowest BCUT2D eigenvalue weighted by molar-refractivity contribution is 0.0435. The second-order valence-corrected chi connectivity index (χ2v) is 5.50. The van der Waals surface area contributed by atoms with Crippen LogP contribution < -0.4 is 0 Å². The van der Waals surface area contributed by atoms with Crippen molar-refractivity contribution in [3.8, 4) is 17.2 Å². The Bertz CT molecular complexity index is 900. The van der Waals surface area contributed by atoms with Gasteiger partial charge < -0.3 is 18.7 Å². The topological polar surface area (TPSA) is 98.6 Å². The number of phenolic OH excluding ortho intramolecular Hbond substituents is 1. The summed E-state index contributed by atoms with van der Waals surface area (Å²) in [6.07, 6.45) is 0. The van der Waals surface area contributed by atoms with Crippen LogP contribution in [0.4, 0.5) is 0 Å². The van der Waals surface area contributed by atoms with Crippen molar-refractivity contribution in [3.05, 3.63) is 52.3 Å². The highest BCUT2D eigenvalue weighted by Crippen LogP contribution is 2.26. The maximum absolute atomic E-state index is 12.0. The van der Waals surface area contributed by atoms with Crippen molar-refractivity contribution in [2.45, 2.75) is 20.5 Å². The first-order valence-electron chi connectivity index (χ1n) is 6.99. The molecule has 2 heterocycles. The minimum atomic E-state index is -0.745. The number of aromatic nitrogens is 2. The second-order valence-electron chi connectivity index (χ2n) is 5.07. The fourth-order valence-corrected chi connectivity index (χ4v) is 2.31. The van der Waals surface area contributed by atoms with E-state index in [0.717, 1.165) is 5.76 Å². The molecular formula is C16H13ClN2O5. The summed E-state index contributed by atoms with van der Waals surface area (Å²) in [7, 11) is 0. The molecule has 0 atom stereocenters. The molecule has 1 aromatic carbocycles. The molecule has 3 aromatic rings. The van der Waals surface area contributed by atoms with E-state index in [1.165, 1.54) is 18.2 Å². The van der Waals surface area contributed by atoms with Gasteiger partial charge in [0, 0.05) is 5.02 Å². The first-order chi connectivity index (χ1) is 11.4. The Morgan fingerprint density at radius 1 is 1.25 bits per heavy atom. The highest BCUT2D eigenvalue weighted by Gasteiger charge is 2.17. The third kappa shape index (κ3) is 3.26. The highest BCUT2D eigenvalue weighted by molar-refractivity contribution is 6.31. The molecule has 7 nitrogen and oxygen atoms in total. The summed E-state index contributed by atoms with van der Waals surface area (Å²) in [4.78, 5) is 12.0. The van der Waals surface area contributed by atoms with Gasteiger partial charge in [0.05, 0.1) is 5.56 Å². The maximum Gasteiger partial charge on any atom is 0.342 e. The minimum Gasteiger partial charge on any atom is -0.507 e. The van der Waals surface area contributed by atoms with Crippen molar-refractivity contribution in [3.63, 3.8) is 0 Å². The summed E-state index contributed by atoms with van der Waals surface area (Å²) in [5.41, 5.74) is 0.647. The van der Waals surface area contributed by atoms with Crippen LogP contribution in [0.2, 0.25) is 5.02 Å². The van der Waals surface area contributed by atoms with E-state index in [9.17, 15) is 9.90 Å². The number of aromatic hydroxyl groups is 1. The van der Waals surface area contributed by atoms with Crippen LogP contribution in [0, 0.1) is 13.8 Å². The Kier molecular flexibility index (Phi) is 4.26. The number of hydrogen-bond donors (Lipinski definition) is 1. The number of carbonyl (C=O) groups excluding carboxylic acids is 1. The molecule has 0 amide bonds. The largest absolute Gasteiger partial charge is 0.507 e. The summed E-state index contributed by atoms with van der Waals surface area (Å²) in [6, 6.07) is 5.87. The number of ether oxygens (including phenoxy) is 1. The van der Waals surface area contributed by atoms with Crippen molar-refractivity contribution in [2.24, 2.45) is 0 Å². The summed E-state index contributed by atoms with van der Waals surface area (Å²) >= 11 is 5.80. The fraction of sp³-hybridized carbons (Fsp3) is 0.188. The van der Waals surface area contributed by atoms with Gasteiger partial charge in [-0.2, -0.15) is 0 Å². The van der Waals surface area contributed by atoms with Gasteiger partial charge in [-0.3, -0.25) is 0 Å². The molecule has 24 heavy (non-hydrogen) atoms. The van der Waals surface area contributed by atoms with Crippen LogP contribution in [0.1, 0.15) is 27.8 Å². The Morgan fingerprint density at radius 2 is 2.04 bits per heavy atom. The second kappa shape index (κ2) is 6.37. The average Bonchev–Trinajstić information content (AvgIpc) is 3.13. The molecule has 0 unspecified atom stereocenters. The molecule has 0 aliphatic heterocycles. The minimum absolute atomic E-state index is 0.0384. The monoisotopic (exact) mass is 348 g/mol. The zero-order chi connectivity index (χ0) is 17.3. The smallest absolute Gasteiger partial charge is 0.342 e. The molecule has 3 rings (SSSR count). The molecule has 0 aliphatic carbocycles. The van der Waals surface area contributed by atoms with Gasteiger partial charge in [0.15, 0.2) is 6.61 Å². The summed E-state index contributed by atoms with van der Waals surface area (Å²) in [6.45, 7) is 3.37. The lowest BCUT2D eigenvalue weighted by Gasteiger charge is -2.04. The van der Waals surface area contributed by atoms with Gasteiger partial charge in [-0.1, -0.05) is 11.6 Å². The Hall–Kier alpha value is -2.80. The fourth-order valence-electron chi connectivity index (χ4n) is 2.14. The average molecular weight is 349 g/mol. The van der Waals surface area contributed by atoms with E-state index in [1.54, 1.807) is 13.0 Å². The van der Waals surface area contributed by atoms with Crippen LogP contribution in [-0.2, 0) is 11.3 Å². The third-order valence-corrected chi connectivity index (χ3v) is 3.48. The molecule has 1 N–H and O–H groups in total. The number of rotatable bonds is 4. The zero-order valence-corrected chi connectivity index (χ0v) is 13.6. The maximum atomic E-state index is 12.0. The van der Waals surface area contributed by atoms with Gasteiger partial charge in [0.1, 0.15) is 22.8 Å². The van der Waals surface area contributed by atoms with Crippen LogP contribution in [0.15, 0.2) is 33.1 Å². The van der Waals surface area contributed by atoms with Gasteiger partial charge in [0.2, 0.25) is 0 Å². The van der Waals surface area contributed by atoms with Gasteiger partial charge in [-0.25, -0.2) is 4.79 Å². The first-order valence-corrected chi connectivity index (χ1v) is 7.37. The summed E-state index contributed by atoms with van der Waals surface area (Å²) in [5.74, 6) is 0.818. The molecule has 0 bridgehead atoms. The first kappa shape index (κ1) is 16.1. The Balaban J connectivity index is 1.70. The van der Waals surface area contributed by atoms with E-state index in [-0.39, 0.29) is 29.7 Å². The van der Waals surface area contributed by atoms with Gasteiger partial charge in [0.25, 0.3) is 11.8 Å². The molecule has 0 fully saturated rings. The van der Waals surface area contributed by atoms with Crippen molar-refractivity contribution in [1.82, 2.24) is 10.2 Å². The number of phenols is 1. The molecule has 0 aliphatic rings. The quantitative estimate of drug-likeness (QED) is 0.718. The number of halogens is 1. The number of esters is 1. The van der Waals surface area contributed by atoms with Crippen molar-refractivity contribution in [1.29, 1.82) is 0 Å². The van der Waals surface area contributed by atoms with Crippen molar-refractivity contribution in [2.75, 3.05) is 0 Å². The van der Waals surface area contributed by atoms with Gasteiger partial charge in [-0.15, -0.1) is 10.2 Å². The van der Waals surface area contributed by atoms with E-state index in [1.807, 2.05) is 6.92 Å². The normalized spacial score (nSPS) is 10.8. The predicted octanol–water partition coefficient (Wildman–Crippen LogP) is 3.66. The van der Waals surface area contributed by atoms with E-state index in [2.05, 4.69) is 10.2 Å². The summed E-state index contributed by atoms with van der Waals surface area (Å²) in [5, 5.41) is 17.7. The molecule has 0 saturated heterocycles. The zero-order valence-electron chi connectivity index (χ0n) is 12.9. The summed E-state index contributed by atoms with van der Waals surface area (Å²) < 4.78 is 15.9. The molecule has 8 heteroatoms. The SMILES string of the molecule is Cc1cc(-c2nnc(COC(=O)c3cc(Cl)ccc3O)o2)c(C)o1. The molecule has 2 aromatic heterocycles. The standard InChI is InChI=1S/C16H13ClN2O5/c1-8-5-11(9(2)23-8)15-19-18-14(24-15)7-22-16(21)12-6-10(17)3-4-13(12)20/h3-6,20H,7H2,1-2H3. The molecule has 0 radical (unpaired) electrons. The number of carbonyl (C=O) groups is 1. The number of aryl methyl sites for hydroxylation is 2. The Morgan fingerprint density at radius 3 is 2.75 bits per heavy atom. The van der Waals surface area contributed by atoms with Crippen LogP contribution in [0.5, 0.6) is 5.75 Å². The van der Waals surface area contributed by atoms with E-state index in [0.29, 0.717) is 16.3 Å². The molecule has 124 valence electrons. The number of benzene rings is 1. The van der Waals surface area contributed by atoms with Crippen molar-refractivity contribution >= 4 is 17.6 Å². The molecule has 0 spiro atoms. The van der Waals surface area contributed by atoms with Crippen LogP contribution in [-0.4, -0.2) is 21.3 Å². The highest BCUT2D eigenvalue weighted by atomic mass is 35.5. The van der Waals surface area contributed by atoms with Gasteiger partial charge >= 0.3 is 5.97 Å². The lowest BCUT2D eigenvalue weighted by atomic mass is 10.2. The van der Waals surface area contributed by atoms with E-state index >= 15 is 0 Å². The number of hydrogen-bond acceptors (Lipinski definition) is 7. The number of nitrogens with zero attached hydrogens (tertiary/aromatic N) is 2.